The molecule has 3 aromatic carbocycles. The zero-order valence-corrected chi connectivity index (χ0v) is 19.6. The molecular weight excluding hydrogens is 438 g/mol. The maximum Gasteiger partial charge on any atom is 0.257 e. The van der Waals surface area contributed by atoms with Gasteiger partial charge in [0, 0.05) is 26.2 Å². The molecule has 0 unspecified atom stereocenters. The molecule has 0 bridgehead atoms. The SMILES string of the molecule is COc1cc2ccccc2cc1C(=O)N1CCN(c2nc3c(OC)c(OC)ccc3s2)CC1. The quantitative estimate of drug-likeness (QED) is 0.436. The number of anilines is 1. The van der Waals surface area contributed by atoms with Gasteiger partial charge in [-0.05, 0) is 35.0 Å². The van der Waals surface area contributed by atoms with Crippen LogP contribution < -0.4 is 19.1 Å². The summed E-state index contributed by atoms with van der Waals surface area (Å²) in [5.74, 6) is 1.91. The molecule has 1 aliphatic heterocycles. The summed E-state index contributed by atoms with van der Waals surface area (Å²) in [4.78, 5) is 22.3. The molecule has 0 atom stereocenters. The average Bonchev–Trinajstić information content (AvgIpc) is 3.31. The molecule has 8 heteroatoms. The summed E-state index contributed by atoms with van der Waals surface area (Å²) in [5.41, 5.74) is 1.40. The van der Waals surface area contributed by atoms with Crippen LogP contribution in [0.5, 0.6) is 17.2 Å². The van der Waals surface area contributed by atoms with Gasteiger partial charge in [-0.3, -0.25) is 4.79 Å². The number of aromatic nitrogens is 1. The number of nitrogens with zero attached hydrogens (tertiary/aromatic N) is 3. The highest BCUT2D eigenvalue weighted by Crippen LogP contribution is 2.40. The second-order valence-corrected chi connectivity index (χ2v) is 8.83. The maximum atomic E-state index is 13.3. The fourth-order valence-electron chi connectivity index (χ4n) is 4.26. The standard InChI is InChI=1S/C25H25N3O4S/c1-30-19-8-9-21-22(23(19)32-3)26-25(33-21)28-12-10-27(11-13-28)24(29)18-14-16-6-4-5-7-17(16)15-20(18)31-2/h4-9,14-15H,10-13H2,1-3H3. The molecule has 170 valence electrons. The van der Waals surface area contributed by atoms with Gasteiger partial charge in [-0.15, -0.1) is 0 Å². The number of carbonyl (C=O) groups is 1. The fourth-order valence-corrected chi connectivity index (χ4v) is 5.28. The smallest absolute Gasteiger partial charge is 0.257 e. The van der Waals surface area contributed by atoms with Crippen LogP contribution >= 0.6 is 11.3 Å². The van der Waals surface area contributed by atoms with E-state index in [1.807, 2.05) is 53.4 Å². The Hall–Kier alpha value is -3.52. The lowest BCUT2D eigenvalue weighted by Gasteiger charge is -2.34. The normalized spacial score (nSPS) is 14.0. The van der Waals surface area contributed by atoms with E-state index in [0.29, 0.717) is 49.0 Å². The average molecular weight is 464 g/mol. The van der Waals surface area contributed by atoms with E-state index in [1.165, 1.54) is 0 Å². The molecule has 0 saturated carbocycles. The summed E-state index contributed by atoms with van der Waals surface area (Å²) in [6.45, 7) is 2.65. The van der Waals surface area contributed by atoms with E-state index in [0.717, 1.165) is 26.1 Å². The molecule has 0 spiro atoms. The van der Waals surface area contributed by atoms with Gasteiger partial charge in [-0.1, -0.05) is 35.6 Å². The van der Waals surface area contributed by atoms with Gasteiger partial charge in [0.1, 0.15) is 11.3 Å². The van der Waals surface area contributed by atoms with E-state index in [4.69, 9.17) is 19.2 Å². The van der Waals surface area contributed by atoms with E-state index in [2.05, 4.69) is 4.90 Å². The van der Waals surface area contributed by atoms with Gasteiger partial charge in [0.15, 0.2) is 16.6 Å². The van der Waals surface area contributed by atoms with E-state index in [-0.39, 0.29) is 5.91 Å². The first-order valence-electron chi connectivity index (χ1n) is 10.8. The van der Waals surface area contributed by atoms with E-state index >= 15 is 0 Å². The third-order valence-corrected chi connectivity index (χ3v) is 7.11. The van der Waals surface area contributed by atoms with Crippen LogP contribution in [0.2, 0.25) is 0 Å². The van der Waals surface area contributed by atoms with Crippen LogP contribution in [0.25, 0.3) is 21.0 Å². The van der Waals surface area contributed by atoms with Crippen LogP contribution in [0.1, 0.15) is 10.4 Å². The lowest BCUT2D eigenvalue weighted by atomic mass is 10.0. The molecule has 7 nitrogen and oxygen atoms in total. The van der Waals surface area contributed by atoms with Gasteiger partial charge in [-0.25, -0.2) is 4.98 Å². The molecule has 2 heterocycles. The van der Waals surface area contributed by atoms with Crippen molar-refractivity contribution in [1.29, 1.82) is 0 Å². The third-order valence-electron chi connectivity index (χ3n) is 6.03. The number of methoxy groups -OCH3 is 3. The summed E-state index contributed by atoms with van der Waals surface area (Å²) in [6, 6.07) is 15.8. The molecule has 1 aromatic heterocycles. The molecule has 0 N–H and O–H groups in total. The molecule has 0 radical (unpaired) electrons. The van der Waals surface area contributed by atoms with Gasteiger partial charge in [0.2, 0.25) is 0 Å². The maximum absolute atomic E-state index is 13.3. The summed E-state index contributed by atoms with van der Waals surface area (Å²) in [7, 11) is 4.86. The molecule has 1 saturated heterocycles. The van der Waals surface area contributed by atoms with Crippen LogP contribution in [0, 0.1) is 0 Å². The highest BCUT2D eigenvalue weighted by Gasteiger charge is 2.26. The number of hydrogen-bond donors (Lipinski definition) is 0. The number of carbonyl (C=O) groups excluding carboxylic acids is 1. The first-order chi connectivity index (χ1) is 16.1. The van der Waals surface area contributed by atoms with Gasteiger partial charge in [0.25, 0.3) is 5.91 Å². The Labute approximate surface area is 196 Å². The number of ether oxygens (including phenoxy) is 3. The topological polar surface area (TPSA) is 64.1 Å². The summed E-state index contributed by atoms with van der Waals surface area (Å²) < 4.78 is 17.5. The van der Waals surface area contributed by atoms with Crippen LogP contribution in [-0.2, 0) is 0 Å². The minimum absolute atomic E-state index is 0.00652. The zero-order valence-electron chi connectivity index (χ0n) is 18.8. The van der Waals surface area contributed by atoms with Crippen LogP contribution in [-0.4, -0.2) is 63.3 Å². The van der Waals surface area contributed by atoms with Crippen molar-refractivity contribution in [2.75, 3.05) is 52.4 Å². The molecule has 1 amide bonds. The largest absolute Gasteiger partial charge is 0.496 e. The summed E-state index contributed by atoms with van der Waals surface area (Å²) in [6.07, 6.45) is 0. The lowest BCUT2D eigenvalue weighted by molar-refractivity contribution is 0.0743. The Balaban J connectivity index is 1.35. The molecule has 4 aromatic rings. The minimum Gasteiger partial charge on any atom is -0.496 e. The van der Waals surface area contributed by atoms with Crippen molar-refractivity contribution in [3.63, 3.8) is 0 Å². The number of fused-ring (bicyclic) bond motifs is 2. The summed E-state index contributed by atoms with van der Waals surface area (Å²) >= 11 is 1.62. The van der Waals surface area contributed by atoms with Crippen molar-refractivity contribution in [3.8, 4) is 17.2 Å². The number of thiazole rings is 1. The Bertz CT molecular complexity index is 1330. The zero-order chi connectivity index (χ0) is 22.9. The highest BCUT2D eigenvalue weighted by molar-refractivity contribution is 7.22. The Morgan fingerprint density at radius 2 is 1.58 bits per heavy atom. The van der Waals surface area contributed by atoms with Crippen molar-refractivity contribution in [2.24, 2.45) is 0 Å². The Morgan fingerprint density at radius 3 is 2.24 bits per heavy atom. The summed E-state index contributed by atoms with van der Waals surface area (Å²) in [5, 5.41) is 3.00. The molecular formula is C25H25N3O4S. The van der Waals surface area contributed by atoms with E-state index < -0.39 is 0 Å². The Morgan fingerprint density at radius 1 is 0.879 bits per heavy atom. The number of rotatable bonds is 5. The lowest BCUT2D eigenvalue weighted by Crippen LogP contribution is -2.48. The second-order valence-electron chi connectivity index (χ2n) is 7.82. The van der Waals surface area contributed by atoms with Crippen molar-refractivity contribution < 1.29 is 19.0 Å². The monoisotopic (exact) mass is 463 g/mol. The Kier molecular flexibility index (Phi) is 5.68. The van der Waals surface area contributed by atoms with Crippen LogP contribution in [0.15, 0.2) is 48.5 Å². The predicted molar refractivity (Wildman–Crippen MR) is 131 cm³/mol. The fraction of sp³-hybridized carbons (Fsp3) is 0.280. The van der Waals surface area contributed by atoms with Crippen molar-refractivity contribution >= 4 is 43.4 Å². The van der Waals surface area contributed by atoms with Crippen LogP contribution in [0.4, 0.5) is 5.13 Å². The molecule has 5 rings (SSSR count). The first kappa shape index (κ1) is 21.3. The highest BCUT2D eigenvalue weighted by atomic mass is 32.1. The van der Waals surface area contributed by atoms with Gasteiger partial charge in [-0.2, -0.15) is 0 Å². The molecule has 1 aliphatic rings. The number of hydrogen-bond acceptors (Lipinski definition) is 7. The third kappa shape index (κ3) is 3.80. The van der Waals surface area contributed by atoms with E-state index in [1.54, 1.807) is 32.7 Å². The number of amides is 1. The van der Waals surface area contributed by atoms with Gasteiger partial charge < -0.3 is 24.0 Å². The van der Waals surface area contributed by atoms with Crippen molar-refractivity contribution in [3.05, 3.63) is 54.1 Å². The van der Waals surface area contributed by atoms with Crippen molar-refractivity contribution in [2.45, 2.75) is 0 Å². The van der Waals surface area contributed by atoms with Crippen molar-refractivity contribution in [1.82, 2.24) is 9.88 Å². The molecule has 1 fully saturated rings. The number of piperazine rings is 1. The molecule has 33 heavy (non-hydrogen) atoms. The molecule has 0 aliphatic carbocycles. The van der Waals surface area contributed by atoms with Gasteiger partial charge >= 0.3 is 0 Å². The van der Waals surface area contributed by atoms with E-state index in [9.17, 15) is 4.79 Å². The second kappa shape index (κ2) is 8.78. The first-order valence-corrected chi connectivity index (χ1v) is 11.6. The minimum atomic E-state index is -0.00652. The predicted octanol–water partition coefficient (Wildman–Crippen LogP) is 4.44. The number of benzene rings is 3. The van der Waals surface area contributed by atoms with Crippen LogP contribution in [0.3, 0.4) is 0 Å². The van der Waals surface area contributed by atoms with Gasteiger partial charge in [0.05, 0.1) is 31.6 Å².